The van der Waals surface area contributed by atoms with Crippen LogP contribution in [0.2, 0.25) is 0 Å². The summed E-state index contributed by atoms with van der Waals surface area (Å²) in [7, 11) is 0. The Morgan fingerprint density at radius 2 is 2.19 bits per heavy atom. The minimum atomic E-state index is 0.670. The number of anilines is 1. The normalized spacial score (nSPS) is 24.7. The van der Waals surface area contributed by atoms with E-state index in [2.05, 4.69) is 53.3 Å². The molecule has 0 aromatic heterocycles. The number of benzene rings is 1. The number of hydrogen-bond acceptors (Lipinski definition) is 1. The number of aryl methyl sites for hydroxylation is 1. The molecule has 1 nitrogen and oxygen atoms in total. The van der Waals surface area contributed by atoms with Crippen molar-refractivity contribution in [1.82, 2.24) is 0 Å². The van der Waals surface area contributed by atoms with Crippen LogP contribution in [0.1, 0.15) is 38.2 Å². The summed E-state index contributed by atoms with van der Waals surface area (Å²) in [6.45, 7) is 4.44. The number of halogens is 1. The third-order valence-electron chi connectivity index (χ3n) is 3.65. The largest absolute Gasteiger partial charge is 0.381 e. The summed E-state index contributed by atoms with van der Waals surface area (Å²) < 4.78 is 1.18. The van der Waals surface area contributed by atoms with E-state index in [9.17, 15) is 0 Å². The standard InChI is InChI=1S/C14H20BrN/c1-3-11-5-4-6-13(11)16-14-9-10(2)7-8-12(14)15/h7-9,11,13,16H,3-6H2,1-2H3. The van der Waals surface area contributed by atoms with Gasteiger partial charge in [-0.25, -0.2) is 0 Å². The van der Waals surface area contributed by atoms with E-state index in [1.165, 1.54) is 41.4 Å². The Bertz CT molecular complexity index is 362. The fraction of sp³-hybridized carbons (Fsp3) is 0.571. The molecule has 0 heterocycles. The van der Waals surface area contributed by atoms with Gasteiger partial charge < -0.3 is 5.32 Å². The zero-order valence-corrected chi connectivity index (χ0v) is 11.7. The minimum Gasteiger partial charge on any atom is -0.381 e. The molecule has 0 radical (unpaired) electrons. The van der Waals surface area contributed by atoms with Gasteiger partial charge in [-0.1, -0.05) is 25.8 Å². The molecule has 1 fully saturated rings. The third kappa shape index (κ3) is 2.60. The highest BCUT2D eigenvalue weighted by atomic mass is 79.9. The second-order valence-corrected chi connectivity index (χ2v) is 5.69. The fourth-order valence-corrected chi connectivity index (χ4v) is 3.03. The van der Waals surface area contributed by atoms with Crippen molar-refractivity contribution in [3.8, 4) is 0 Å². The lowest BCUT2D eigenvalue weighted by Crippen LogP contribution is -2.23. The predicted molar refractivity (Wildman–Crippen MR) is 73.9 cm³/mol. The number of rotatable bonds is 3. The van der Waals surface area contributed by atoms with Crippen LogP contribution in [0.25, 0.3) is 0 Å². The Labute approximate surface area is 107 Å². The maximum absolute atomic E-state index is 3.70. The molecule has 1 aliphatic rings. The van der Waals surface area contributed by atoms with Crippen molar-refractivity contribution < 1.29 is 0 Å². The minimum absolute atomic E-state index is 0.670. The van der Waals surface area contributed by atoms with Crippen molar-refractivity contribution in [2.24, 2.45) is 5.92 Å². The van der Waals surface area contributed by atoms with Crippen LogP contribution in [0.15, 0.2) is 22.7 Å². The van der Waals surface area contributed by atoms with Crippen LogP contribution in [0.3, 0.4) is 0 Å². The molecule has 2 unspecified atom stereocenters. The molecule has 0 bridgehead atoms. The summed E-state index contributed by atoms with van der Waals surface area (Å²) in [4.78, 5) is 0. The van der Waals surface area contributed by atoms with E-state index in [0.29, 0.717) is 6.04 Å². The maximum Gasteiger partial charge on any atom is 0.0489 e. The third-order valence-corrected chi connectivity index (χ3v) is 4.34. The Balaban J connectivity index is 2.11. The summed E-state index contributed by atoms with van der Waals surface area (Å²) in [5.74, 6) is 0.854. The van der Waals surface area contributed by atoms with Gasteiger partial charge in [0.2, 0.25) is 0 Å². The summed E-state index contributed by atoms with van der Waals surface area (Å²) in [6.07, 6.45) is 5.37. The van der Waals surface area contributed by atoms with E-state index in [-0.39, 0.29) is 0 Å². The molecule has 2 heteroatoms. The first-order valence-electron chi connectivity index (χ1n) is 6.23. The Hall–Kier alpha value is -0.500. The molecule has 0 amide bonds. The fourth-order valence-electron chi connectivity index (χ4n) is 2.66. The molecule has 0 saturated heterocycles. The average Bonchev–Trinajstić information content (AvgIpc) is 2.71. The van der Waals surface area contributed by atoms with Crippen molar-refractivity contribution in [2.45, 2.75) is 45.6 Å². The summed E-state index contributed by atoms with van der Waals surface area (Å²) in [5, 5.41) is 3.70. The zero-order chi connectivity index (χ0) is 11.5. The van der Waals surface area contributed by atoms with E-state index in [4.69, 9.17) is 0 Å². The molecule has 88 valence electrons. The van der Waals surface area contributed by atoms with Gasteiger partial charge in [-0.05, 0) is 59.3 Å². The van der Waals surface area contributed by atoms with Crippen LogP contribution in [0, 0.1) is 12.8 Å². The summed E-state index contributed by atoms with van der Waals surface area (Å²) in [5.41, 5.74) is 2.57. The first kappa shape index (κ1) is 12.0. The van der Waals surface area contributed by atoms with Crippen LogP contribution in [-0.2, 0) is 0 Å². The van der Waals surface area contributed by atoms with Gasteiger partial charge in [0.25, 0.3) is 0 Å². The van der Waals surface area contributed by atoms with Crippen LogP contribution in [0.5, 0.6) is 0 Å². The van der Waals surface area contributed by atoms with E-state index in [1.807, 2.05) is 0 Å². The number of nitrogens with one attached hydrogen (secondary N) is 1. The van der Waals surface area contributed by atoms with Gasteiger partial charge in [0.1, 0.15) is 0 Å². The van der Waals surface area contributed by atoms with Crippen LogP contribution >= 0.6 is 15.9 Å². The monoisotopic (exact) mass is 281 g/mol. The first-order valence-corrected chi connectivity index (χ1v) is 7.02. The quantitative estimate of drug-likeness (QED) is 0.843. The van der Waals surface area contributed by atoms with Gasteiger partial charge in [0, 0.05) is 16.2 Å². The first-order chi connectivity index (χ1) is 7.70. The van der Waals surface area contributed by atoms with Crippen molar-refractivity contribution in [3.63, 3.8) is 0 Å². The molecule has 2 rings (SSSR count). The molecular formula is C14H20BrN. The SMILES string of the molecule is CCC1CCCC1Nc1cc(C)ccc1Br. The van der Waals surface area contributed by atoms with Crippen molar-refractivity contribution in [3.05, 3.63) is 28.2 Å². The van der Waals surface area contributed by atoms with Crippen molar-refractivity contribution in [2.75, 3.05) is 5.32 Å². The Morgan fingerprint density at radius 3 is 2.94 bits per heavy atom. The molecule has 0 spiro atoms. The van der Waals surface area contributed by atoms with Crippen LogP contribution in [-0.4, -0.2) is 6.04 Å². The van der Waals surface area contributed by atoms with E-state index in [1.54, 1.807) is 0 Å². The molecular weight excluding hydrogens is 262 g/mol. The summed E-state index contributed by atoms with van der Waals surface area (Å²) >= 11 is 3.62. The maximum atomic E-state index is 3.70. The van der Waals surface area contributed by atoms with Gasteiger partial charge in [-0.2, -0.15) is 0 Å². The Morgan fingerprint density at radius 1 is 1.38 bits per heavy atom. The van der Waals surface area contributed by atoms with Gasteiger partial charge in [0.05, 0.1) is 0 Å². The van der Waals surface area contributed by atoms with E-state index >= 15 is 0 Å². The lowest BCUT2D eigenvalue weighted by Gasteiger charge is -2.22. The second kappa shape index (κ2) is 5.22. The van der Waals surface area contributed by atoms with Crippen molar-refractivity contribution in [1.29, 1.82) is 0 Å². The van der Waals surface area contributed by atoms with Crippen LogP contribution < -0.4 is 5.32 Å². The molecule has 2 atom stereocenters. The molecule has 16 heavy (non-hydrogen) atoms. The van der Waals surface area contributed by atoms with Gasteiger partial charge in [-0.3, -0.25) is 0 Å². The van der Waals surface area contributed by atoms with E-state index < -0.39 is 0 Å². The predicted octanol–water partition coefficient (Wildman–Crippen LogP) is 4.75. The molecule has 1 aromatic rings. The molecule has 0 aliphatic heterocycles. The smallest absolute Gasteiger partial charge is 0.0489 e. The van der Waals surface area contributed by atoms with E-state index in [0.717, 1.165) is 5.92 Å². The Kier molecular flexibility index (Phi) is 3.91. The topological polar surface area (TPSA) is 12.0 Å². The van der Waals surface area contributed by atoms with Gasteiger partial charge in [-0.15, -0.1) is 0 Å². The molecule has 1 saturated carbocycles. The second-order valence-electron chi connectivity index (χ2n) is 4.83. The molecule has 1 N–H and O–H groups in total. The molecule has 1 aromatic carbocycles. The van der Waals surface area contributed by atoms with Gasteiger partial charge in [0.15, 0.2) is 0 Å². The average molecular weight is 282 g/mol. The highest BCUT2D eigenvalue weighted by Crippen LogP contribution is 2.33. The zero-order valence-electron chi connectivity index (χ0n) is 10.1. The lowest BCUT2D eigenvalue weighted by atomic mass is 10.0. The van der Waals surface area contributed by atoms with Crippen molar-refractivity contribution >= 4 is 21.6 Å². The summed E-state index contributed by atoms with van der Waals surface area (Å²) in [6, 6.07) is 7.17. The van der Waals surface area contributed by atoms with Gasteiger partial charge >= 0.3 is 0 Å². The number of hydrogen-bond donors (Lipinski definition) is 1. The highest BCUT2D eigenvalue weighted by Gasteiger charge is 2.25. The lowest BCUT2D eigenvalue weighted by molar-refractivity contribution is 0.489. The van der Waals surface area contributed by atoms with Crippen LogP contribution in [0.4, 0.5) is 5.69 Å². The molecule has 1 aliphatic carbocycles. The highest BCUT2D eigenvalue weighted by molar-refractivity contribution is 9.10.